The van der Waals surface area contributed by atoms with Crippen molar-refractivity contribution in [1.82, 2.24) is 10.2 Å². The van der Waals surface area contributed by atoms with Crippen LogP contribution in [-0.4, -0.2) is 50.5 Å². The van der Waals surface area contributed by atoms with Crippen molar-refractivity contribution in [2.75, 3.05) is 23.7 Å². The monoisotopic (exact) mass is 597 g/mol. The van der Waals surface area contributed by atoms with Crippen LogP contribution in [0.1, 0.15) is 18.1 Å². The Balaban J connectivity index is 2.07. The van der Waals surface area contributed by atoms with Crippen LogP contribution in [0.3, 0.4) is 0 Å². The number of hydrogen-bond donors (Lipinski definition) is 1. The fourth-order valence-corrected chi connectivity index (χ4v) is 5.10. The van der Waals surface area contributed by atoms with Crippen molar-refractivity contribution in [1.29, 1.82) is 0 Å². The Hall–Kier alpha value is -3.21. The predicted molar refractivity (Wildman–Crippen MR) is 148 cm³/mol. The van der Waals surface area contributed by atoms with Crippen LogP contribution >= 0.6 is 23.2 Å². The van der Waals surface area contributed by atoms with E-state index in [4.69, 9.17) is 23.2 Å². The first-order chi connectivity index (χ1) is 18.4. The molecule has 0 heterocycles. The van der Waals surface area contributed by atoms with Gasteiger partial charge in [0.25, 0.3) is 0 Å². The molecule has 7 nitrogen and oxygen atoms in total. The van der Waals surface area contributed by atoms with Gasteiger partial charge in [0.1, 0.15) is 12.6 Å². The van der Waals surface area contributed by atoms with Gasteiger partial charge in [-0.15, -0.1) is 0 Å². The molecule has 3 aromatic rings. The number of halogens is 4. The summed E-state index contributed by atoms with van der Waals surface area (Å²) < 4.78 is 53.5. The van der Waals surface area contributed by atoms with Crippen molar-refractivity contribution in [3.05, 3.63) is 99.5 Å². The zero-order chi connectivity index (χ0) is 28.7. The number of anilines is 1. The normalized spacial score (nSPS) is 12.1. The lowest BCUT2D eigenvalue weighted by Gasteiger charge is -2.33. The molecule has 208 valence electrons. The summed E-state index contributed by atoms with van der Waals surface area (Å²) in [4.78, 5) is 28.3. The first kappa shape index (κ1) is 30.3. The molecule has 0 aliphatic carbocycles. The highest BCUT2D eigenvalue weighted by molar-refractivity contribution is 7.92. The molecule has 0 unspecified atom stereocenters. The highest BCUT2D eigenvalue weighted by Gasteiger charge is 2.33. The quantitative estimate of drug-likeness (QED) is 0.343. The first-order valence-corrected chi connectivity index (χ1v) is 14.5. The fourth-order valence-electron chi connectivity index (χ4n) is 3.93. The average molecular weight is 598 g/mol. The van der Waals surface area contributed by atoms with E-state index in [0.717, 1.165) is 24.0 Å². The van der Waals surface area contributed by atoms with E-state index < -0.39 is 46.1 Å². The molecule has 0 saturated carbocycles. The van der Waals surface area contributed by atoms with E-state index in [0.29, 0.717) is 27.5 Å². The Morgan fingerprint density at radius 3 is 2.21 bits per heavy atom. The molecule has 2 amide bonds. The molecular formula is C27H27Cl2F2N3O4S. The molecule has 3 rings (SSSR count). The van der Waals surface area contributed by atoms with Crippen LogP contribution in [0.15, 0.2) is 66.7 Å². The lowest BCUT2D eigenvalue weighted by Crippen LogP contribution is -2.53. The van der Waals surface area contributed by atoms with Crippen LogP contribution < -0.4 is 9.62 Å². The third-order valence-electron chi connectivity index (χ3n) is 5.83. The zero-order valence-corrected chi connectivity index (χ0v) is 23.5. The Morgan fingerprint density at radius 2 is 1.62 bits per heavy atom. The van der Waals surface area contributed by atoms with Gasteiger partial charge in [-0.2, -0.15) is 0 Å². The molecule has 0 aliphatic heterocycles. The van der Waals surface area contributed by atoms with Gasteiger partial charge in [-0.3, -0.25) is 13.9 Å². The topological polar surface area (TPSA) is 86.8 Å². The van der Waals surface area contributed by atoms with Gasteiger partial charge in [0.05, 0.1) is 22.0 Å². The van der Waals surface area contributed by atoms with Crippen molar-refractivity contribution in [2.24, 2.45) is 0 Å². The summed E-state index contributed by atoms with van der Waals surface area (Å²) in [5, 5.41) is 3.26. The van der Waals surface area contributed by atoms with Crippen molar-refractivity contribution >= 4 is 50.7 Å². The highest BCUT2D eigenvalue weighted by atomic mass is 35.5. The molecule has 0 radical (unpaired) electrons. The second-order valence-electron chi connectivity index (χ2n) is 8.74. The molecule has 0 spiro atoms. The van der Waals surface area contributed by atoms with Crippen LogP contribution in [0.5, 0.6) is 0 Å². The van der Waals surface area contributed by atoms with E-state index in [1.165, 1.54) is 4.90 Å². The number of nitrogens with zero attached hydrogens (tertiary/aromatic N) is 2. The number of rotatable bonds is 11. The predicted octanol–water partition coefficient (Wildman–Crippen LogP) is 4.81. The molecule has 3 aromatic carbocycles. The first-order valence-electron chi connectivity index (χ1n) is 11.9. The second-order valence-corrected chi connectivity index (χ2v) is 11.5. The fraction of sp³-hybridized carbons (Fsp3) is 0.259. The highest BCUT2D eigenvalue weighted by Crippen LogP contribution is 2.25. The van der Waals surface area contributed by atoms with Gasteiger partial charge in [0, 0.05) is 25.6 Å². The van der Waals surface area contributed by atoms with Gasteiger partial charge < -0.3 is 10.2 Å². The maximum absolute atomic E-state index is 14.0. The third kappa shape index (κ3) is 8.14. The summed E-state index contributed by atoms with van der Waals surface area (Å²) in [5.41, 5.74) is 1.07. The van der Waals surface area contributed by atoms with Crippen LogP contribution in [0, 0.1) is 11.6 Å². The van der Waals surface area contributed by atoms with E-state index in [1.54, 1.807) is 49.4 Å². The molecule has 1 atom stereocenters. The largest absolute Gasteiger partial charge is 0.355 e. The number of amides is 2. The molecule has 0 fully saturated rings. The van der Waals surface area contributed by atoms with Crippen molar-refractivity contribution in [2.45, 2.75) is 25.9 Å². The van der Waals surface area contributed by atoms with Gasteiger partial charge in [0.2, 0.25) is 21.8 Å². The molecule has 0 saturated heterocycles. The lowest BCUT2D eigenvalue weighted by molar-refractivity contribution is -0.140. The van der Waals surface area contributed by atoms with E-state index in [1.807, 2.05) is 6.07 Å². The second kappa shape index (κ2) is 13.2. The number of benzene rings is 3. The van der Waals surface area contributed by atoms with Gasteiger partial charge in [-0.05, 0) is 42.3 Å². The van der Waals surface area contributed by atoms with Gasteiger partial charge in [-0.25, -0.2) is 17.2 Å². The molecular weight excluding hydrogens is 571 g/mol. The number of carbonyl (C=O) groups is 2. The van der Waals surface area contributed by atoms with Gasteiger partial charge in [0.15, 0.2) is 11.6 Å². The average Bonchev–Trinajstić information content (AvgIpc) is 2.88. The van der Waals surface area contributed by atoms with E-state index in [2.05, 4.69) is 5.32 Å². The Bertz CT molecular complexity index is 1440. The number of likely N-dealkylation sites (N-methyl/N-ethyl adjacent to an activating group) is 1. The van der Waals surface area contributed by atoms with Crippen molar-refractivity contribution in [3.8, 4) is 0 Å². The summed E-state index contributed by atoms with van der Waals surface area (Å²) in [6.07, 6.45) is 0.972. The van der Waals surface area contributed by atoms with Crippen LogP contribution in [0.4, 0.5) is 14.5 Å². The molecule has 0 aliphatic rings. The Kier molecular flexibility index (Phi) is 10.3. The Morgan fingerprint density at radius 1 is 0.923 bits per heavy atom. The smallest absolute Gasteiger partial charge is 0.244 e. The van der Waals surface area contributed by atoms with E-state index in [9.17, 15) is 26.8 Å². The number of hydrogen-bond acceptors (Lipinski definition) is 4. The zero-order valence-electron chi connectivity index (χ0n) is 21.2. The molecule has 0 bridgehead atoms. The van der Waals surface area contributed by atoms with Crippen molar-refractivity contribution < 1.29 is 26.8 Å². The summed E-state index contributed by atoms with van der Waals surface area (Å²) in [5.74, 6) is -3.64. The molecule has 12 heteroatoms. The maximum atomic E-state index is 14.0. The summed E-state index contributed by atoms with van der Waals surface area (Å²) in [6, 6.07) is 15.2. The number of sulfonamides is 1. The third-order valence-corrected chi connectivity index (χ3v) is 7.71. The molecule has 39 heavy (non-hydrogen) atoms. The van der Waals surface area contributed by atoms with Gasteiger partial charge in [-0.1, -0.05) is 59.6 Å². The lowest BCUT2D eigenvalue weighted by atomic mass is 10.0. The number of carbonyl (C=O) groups excluding carboxylic acids is 2. The summed E-state index contributed by atoms with van der Waals surface area (Å²) in [7, 11) is -4.12. The molecule has 1 N–H and O–H groups in total. The molecule has 0 aromatic heterocycles. The minimum atomic E-state index is -4.12. The van der Waals surface area contributed by atoms with Gasteiger partial charge >= 0.3 is 0 Å². The van der Waals surface area contributed by atoms with Crippen LogP contribution in [0.25, 0.3) is 0 Å². The van der Waals surface area contributed by atoms with Crippen LogP contribution in [0.2, 0.25) is 10.0 Å². The minimum Gasteiger partial charge on any atom is -0.355 e. The summed E-state index contributed by atoms with van der Waals surface area (Å²) >= 11 is 12.2. The standard InChI is InChI=1S/C27H27Cl2F2N3O4S/c1-3-32-27(36)25(14-18-7-5-4-6-8-18)33(16-19-9-11-21(28)22(29)13-19)26(35)17-34(39(2,37)38)20-10-12-23(30)24(31)15-20/h4-13,15,25H,3,14,16-17H2,1-2H3,(H,32,36)/t25-/m1/s1. The minimum absolute atomic E-state index is 0.111. The summed E-state index contributed by atoms with van der Waals surface area (Å²) in [6.45, 7) is 1.15. The Labute approximate surface area is 236 Å². The van der Waals surface area contributed by atoms with E-state index in [-0.39, 0.29) is 23.7 Å². The SMILES string of the molecule is CCNC(=O)[C@@H](Cc1ccccc1)N(Cc1ccc(Cl)c(Cl)c1)C(=O)CN(c1ccc(F)c(F)c1)S(C)(=O)=O. The number of nitrogens with one attached hydrogen (secondary N) is 1. The maximum Gasteiger partial charge on any atom is 0.244 e. The van der Waals surface area contributed by atoms with E-state index >= 15 is 0 Å². The van der Waals surface area contributed by atoms with Crippen LogP contribution in [-0.2, 0) is 32.6 Å². The van der Waals surface area contributed by atoms with Crippen molar-refractivity contribution in [3.63, 3.8) is 0 Å².